The summed E-state index contributed by atoms with van der Waals surface area (Å²) in [5, 5.41) is 13.2. The van der Waals surface area contributed by atoms with Gasteiger partial charge in [-0.05, 0) is 24.3 Å². The van der Waals surface area contributed by atoms with Crippen molar-refractivity contribution in [3.63, 3.8) is 0 Å². The molecule has 0 aliphatic rings. The molecule has 0 spiro atoms. The number of carbonyl (C=O) groups is 2. The Bertz CT molecular complexity index is 890. The molecule has 2 aromatic rings. The number of nitrogens with zero attached hydrogens (tertiary/aromatic N) is 1. The molecule has 0 radical (unpaired) electrons. The molecule has 0 fully saturated rings. The maximum absolute atomic E-state index is 13.6. The molecule has 0 saturated carbocycles. The lowest BCUT2D eigenvalue weighted by atomic mass is 10.1. The summed E-state index contributed by atoms with van der Waals surface area (Å²) in [6.07, 6.45) is -0.192. The number of methoxy groups -OCH3 is 1. The highest BCUT2D eigenvalue weighted by molar-refractivity contribution is 6.30. The summed E-state index contributed by atoms with van der Waals surface area (Å²) < 4.78 is 23.6. The van der Waals surface area contributed by atoms with E-state index in [9.17, 15) is 24.1 Å². The van der Waals surface area contributed by atoms with Crippen LogP contribution >= 0.6 is 11.6 Å². The van der Waals surface area contributed by atoms with Crippen LogP contribution in [0.1, 0.15) is 5.56 Å². The van der Waals surface area contributed by atoms with Gasteiger partial charge in [-0.3, -0.25) is 19.7 Å². The smallest absolute Gasteiger partial charge is 0.310 e. The maximum Gasteiger partial charge on any atom is 0.310 e. The van der Waals surface area contributed by atoms with Gasteiger partial charge in [0, 0.05) is 22.7 Å². The molecule has 0 aromatic heterocycles. The van der Waals surface area contributed by atoms with E-state index in [0.29, 0.717) is 16.3 Å². The van der Waals surface area contributed by atoms with Crippen LogP contribution in [0.2, 0.25) is 5.02 Å². The minimum atomic E-state index is -0.857. The summed E-state index contributed by atoms with van der Waals surface area (Å²) in [7, 11) is 1.43. The van der Waals surface area contributed by atoms with Gasteiger partial charge >= 0.3 is 5.97 Å². The summed E-state index contributed by atoms with van der Waals surface area (Å²) in [6, 6.07) is 7.39. The Kier molecular flexibility index (Phi) is 6.67. The fraction of sp³-hybridized carbons (Fsp3) is 0.176. The first kappa shape index (κ1) is 20.1. The Balaban J connectivity index is 1.94. The number of hydrogen-bond donors (Lipinski definition) is 1. The number of ether oxygens (including phenoxy) is 2. The van der Waals surface area contributed by atoms with Crippen molar-refractivity contribution in [1.82, 2.24) is 0 Å². The highest BCUT2D eigenvalue weighted by Crippen LogP contribution is 2.23. The van der Waals surface area contributed by atoms with E-state index in [2.05, 4.69) is 5.32 Å². The Morgan fingerprint density at radius 1 is 1.26 bits per heavy atom. The number of nitrogens with one attached hydrogen (secondary N) is 1. The molecule has 0 atom stereocenters. The van der Waals surface area contributed by atoms with Crippen molar-refractivity contribution in [3.8, 4) is 5.75 Å². The average molecular weight is 397 g/mol. The molecule has 0 unspecified atom stereocenters. The molecular formula is C17H14ClFN2O6. The standard InChI is InChI=1S/C17H14ClFN2O6/c1-26-15-5-2-11(18)6-10(15)7-17(23)27-9-16(22)20-14-8-12(21(24)25)3-4-13(14)19/h2-6,8H,7,9H2,1H3,(H,20,22). The van der Waals surface area contributed by atoms with Gasteiger partial charge in [-0.15, -0.1) is 0 Å². The Hall–Kier alpha value is -3.20. The average Bonchev–Trinajstić information content (AvgIpc) is 2.62. The monoisotopic (exact) mass is 396 g/mol. The van der Waals surface area contributed by atoms with Gasteiger partial charge in [-0.25, -0.2) is 4.39 Å². The molecule has 27 heavy (non-hydrogen) atoms. The van der Waals surface area contributed by atoms with Crippen LogP contribution in [-0.2, 0) is 20.7 Å². The van der Waals surface area contributed by atoms with Crippen LogP contribution in [0.3, 0.4) is 0 Å². The van der Waals surface area contributed by atoms with E-state index in [1.54, 1.807) is 12.1 Å². The van der Waals surface area contributed by atoms with Crippen molar-refractivity contribution < 1.29 is 28.4 Å². The van der Waals surface area contributed by atoms with Crippen molar-refractivity contribution >= 4 is 34.9 Å². The Morgan fingerprint density at radius 2 is 2.00 bits per heavy atom. The van der Waals surface area contributed by atoms with E-state index in [1.165, 1.54) is 13.2 Å². The van der Waals surface area contributed by atoms with Crippen LogP contribution in [0.5, 0.6) is 5.75 Å². The van der Waals surface area contributed by atoms with Gasteiger partial charge in [0.25, 0.3) is 11.6 Å². The van der Waals surface area contributed by atoms with Crippen molar-refractivity contribution in [3.05, 3.63) is 62.9 Å². The van der Waals surface area contributed by atoms with Crippen LogP contribution in [-0.4, -0.2) is 30.5 Å². The molecular weight excluding hydrogens is 383 g/mol. The topological polar surface area (TPSA) is 108 Å². The molecule has 0 bridgehead atoms. The Morgan fingerprint density at radius 3 is 2.67 bits per heavy atom. The third kappa shape index (κ3) is 5.65. The fourth-order valence-corrected chi connectivity index (χ4v) is 2.34. The first-order valence-electron chi connectivity index (χ1n) is 7.52. The molecule has 0 aliphatic heterocycles. The van der Waals surface area contributed by atoms with Crippen molar-refractivity contribution in [2.45, 2.75) is 6.42 Å². The molecule has 2 rings (SSSR count). The largest absolute Gasteiger partial charge is 0.496 e. The van der Waals surface area contributed by atoms with Gasteiger partial charge in [0.05, 0.1) is 24.1 Å². The zero-order valence-corrected chi connectivity index (χ0v) is 14.8. The summed E-state index contributed by atoms with van der Waals surface area (Å²) in [5.74, 6) is -2.01. The number of hydrogen-bond acceptors (Lipinski definition) is 6. The summed E-state index contributed by atoms with van der Waals surface area (Å²) in [5.41, 5.74) is -0.307. The number of halogens is 2. The van der Waals surface area contributed by atoms with E-state index < -0.39 is 34.9 Å². The third-order valence-electron chi connectivity index (χ3n) is 3.38. The highest BCUT2D eigenvalue weighted by Gasteiger charge is 2.15. The molecule has 0 saturated heterocycles. The molecule has 2 aromatic carbocycles. The van der Waals surface area contributed by atoms with E-state index >= 15 is 0 Å². The van der Waals surface area contributed by atoms with E-state index in [0.717, 1.165) is 18.2 Å². The molecule has 1 N–H and O–H groups in total. The van der Waals surface area contributed by atoms with Crippen LogP contribution in [0.15, 0.2) is 36.4 Å². The molecule has 1 amide bonds. The van der Waals surface area contributed by atoms with Crippen LogP contribution < -0.4 is 10.1 Å². The van der Waals surface area contributed by atoms with Crippen molar-refractivity contribution in [2.75, 3.05) is 19.0 Å². The number of nitro benzene ring substituents is 1. The molecule has 142 valence electrons. The first-order chi connectivity index (χ1) is 12.8. The number of amides is 1. The minimum Gasteiger partial charge on any atom is -0.496 e. The summed E-state index contributed by atoms with van der Waals surface area (Å²) in [6.45, 7) is -0.691. The zero-order valence-electron chi connectivity index (χ0n) is 14.0. The van der Waals surface area contributed by atoms with Gasteiger partial charge in [0.15, 0.2) is 6.61 Å². The third-order valence-corrected chi connectivity index (χ3v) is 3.61. The lowest BCUT2D eigenvalue weighted by Crippen LogP contribution is -2.22. The number of rotatable bonds is 7. The maximum atomic E-state index is 13.6. The zero-order chi connectivity index (χ0) is 20.0. The second kappa shape index (κ2) is 8.95. The lowest BCUT2D eigenvalue weighted by molar-refractivity contribution is -0.384. The van der Waals surface area contributed by atoms with Crippen LogP contribution in [0, 0.1) is 15.9 Å². The normalized spacial score (nSPS) is 10.2. The van der Waals surface area contributed by atoms with Crippen molar-refractivity contribution in [2.24, 2.45) is 0 Å². The van der Waals surface area contributed by atoms with Gasteiger partial charge in [0.1, 0.15) is 11.6 Å². The number of esters is 1. The number of non-ortho nitro benzene ring substituents is 1. The summed E-state index contributed by atoms with van der Waals surface area (Å²) in [4.78, 5) is 33.7. The second-order valence-electron chi connectivity index (χ2n) is 5.26. The number of nitro groups is 1. The number of carbonyl (C=O) groups excluding carboxylic acids is 2. The van der Waals surface area contributed by atoms with Gasteiger partial charge in [-0.1, -0.05) is 11.6 Å². The minimum absolute atomic E-state index is 0.192. The second-order valence-corrected chi connectivity index (χ2v) is 5.70. The van der Waals surface area contributed by atoms with Gasteiger partial charge < -0.3 is 14.8 Å². The quantitative estimate of drug-likeness (QED) is 0.437. The molecule has 0 aliphatic carbocycles. The Labute approximate surface area is 158 Å². The van der Waals surface area contributed by atoms with Gasteiger partial charge in [0.2, 0.25) is 0 Å². The fourth-order valence-electron chi connectivity index (χ4n) is 2.15. The lowest BCUT2D eigenvalue weighted by Gasteiger charge is -2.10. The molecule has 10 heteroatoms. The predicted octanol–water partition coefficient (Wildman–Crippen LogP) is 3.12. The van der Waals surface area contributed by atoms with E-state index in [1.807, 2.05) is 0 Å². The van der Waals surface area contributed by atoms with E-state index in [4.69, 9.17) is 21.1 Å². The predicted molar refractivity (Wildman–Crippen MR) is 94.4 cm³/mol. The van der Waals surface area contributed by atoms with Crippen LogP contribution in [0.25, 0.3) is 0 Å². The summed E-state index contributed by atoms with van der Waals surface area (Å²) >= 11 is 5.87. The number of anilines is 1. The SMILES string of the molecule is COc1ccc(Cl)cc1CC(=O)OCC(=O)Nc1cc([N+](=O)[O-])ccc1F. The van der Waals surface area contributed by atoms with Crippen LogP contribution in [0.4, 0.5) is 15.8 Å². The number of benzene rings is 2. The van der Waals surface area contributed by atoms with Gasteiger partial charge in [-0.2, -0.15) is 0 Å². The van der Waals surface area contributed by atoms with E-state index in [-0.39, 0.29) is 12.1 Å². The molecule has 8 nitrogen and oxygen atoms in total. The molecule has 0 heterocycles. The van der Waals surface area contributed by atoms with Crippen molar-refractivity contribution in [1.29, 1.82) is 0 Å². The highest BCUT2D eigenvalue weighted by atomic mass is 35.5. The first-order valence-corrected chi connectivity index (χ1v) is 7.89.